The summed E-state index contributed by atoms with van der Waals surface area (Å²) in [6.07, 6.45) is 4.38. The maximum atomic E-state index is 12.0. The van der Waals surface area contributed by atoms with Crippen LogP contribution in [0.4, 0.5) is 5.95 Å². The second-order valence-corrected chi connectivity index (χ2v) is 12.2. The summed E-state index contributed by atoms with van der Waals surface area (Å²) in [6.45, 7) is 15.2. The molecule has 1 saturated carbocycles. The fraction of sp³-hybridized carbons (Fsp3) is 0.760. The summed E-state index contributed by atoms with van der Waals surface area (Å²) in [6, 6.07) is 2.19. The van der Waals surface area contributed by atoms with Gasteiger partial charge in [-0.25, -0.2) is 9.97 Å². The molecule has 1 amide bonds. The summed E-state index contributed by atoms with van der Waals surface area (Å²) in [5.41, 5.74) is 1.58. The molecule has 3 heterocycles. The molecule has 4 rings (SSSR count). The second kappa shape index (κ2) is 9.63. The van der Waals surface area contributed by atoms with E-state index in [0.717, 1.165) is 43.6 Å². The highest BCUT2D eigenvalue weighted by molar-refractivity contribution is 5.73. The van der Waals surface area contributed by atoms with E-state index in [0.29, 0.717) is 12.0 Å². The number of aliphatic hydroxyl groups is 1. The van der Waals surface area contributed by atoms with E-state index in [-0.39, 0.29) is 35.0 Å². The number of carbonyl (C=O) groups is 1. The van der Waals surface area contributed by atoms with Crippen molar-refractivity contribution in [3.63, 3.8) is 0 Å². The van der Waals surface area contributed by atoms with Gasteiger partial charge in [0, 0.05) is 48.6 Å². The highest BCUT2D eigenvalue weighted by Gasteiger charge is 2.43. The van der Waals surface area contributed by atoms with Gasteiger partial charge in [0.15, 0.2) is 5.65 Å². The van der Waals surface area contributed by atoms with E-state index >= 15 is 0 Å². The van der Waals surface area contributed by atoms with Crippen LogP contribution in [-0.4, -0.2) is 78.0 Å². The predicted octanol–water partition coefficient (Wildman–Crippen LogP) is 2.04. The average molecular weight is 487 g/mol. The average Bonchev–Trinajstić information content (AvgIpc) is 3.32. The molecule has 2 aromatic heterocycles. The van der Waals surface area contributed by atoms with E-state index in [2.05, 4.69) is 72.4 Å². The van der Waals surface area contributed by atoms with Crippen LogP contribution in [0.15, 0.2) is 12.4 Å². The Bertz CT molecular complexity index is 1040. The van der Waals surface area contributed by atoms with Crippen molar-refractivity contribution in [2.45, 2.75) is 115 Å². The first kappa shape index (κ1) is 25.8. The summed E-state index contributed by atoms with van der Waals surface area (Å²) in [4.78, 5) is 22.9. The van der Waals surface area contributed by atoms with Crippen molar-refractivity contribution in [2.24, 2.45) is 0 Å². The summed E-state index contributed by atoms with van der Waals surface area (Å²) in [5.74, 6) is 0.546. The molecule has 1 aliphatic carbocycles. The lowest BCUT2D eigenvalue weighted by Crippen LogP contribution is -2.60. The molecule has 0 radical (unpaired) electrons. The Labute approximate surface area is 208 Å². The van der Waals surface area contributed by atoms with Crippen LogP contribution in [-0.2, 0) is 10.2 Å². The molecule has 0 bridgehead atoms. The SMILES string of the molecule is CC(=O)N[C@@H]1C[C@H](NC(C)(C)C)CC[C@@H]1N1CC[C@H](Nc2ncnc3cc(C(C)(C)C)nn23)[C@@H]1O. The Morgan fingerprint density at radius 1 is 1.09 bits per heavy atom. The van der Waals surface area contributed by atoms with E-state index in [4.69, 9.17) is 5.10 Å². The van der Waals surface area contributed by atoms with Crippen LogP contribution in [0.1, 0.15) is 79.8 Å². The summed E-state index contributed by atoms with van der Waals surface area (Å²) in [7, 11) is 0. The number of amides is 1. The van der Waals surface area contributed by atoms with Crippen molar-refractivity contribution in [2.75, 3.05) is 11.9 Å². The summed E-state index contributed by atoms with van der Waals surface area (Å²) >= 11 is 0. The predicted molar refractivity (Wildman–Crippen MR) is 136 cm³/mol. The van der Waals surface area contributed by atoms with Gasteiger partial charge in [-0.2, -0.15) is 9.61 Å². The zero-order valence-electron chi connectivity index (χ0n) is 22.2. The molecule has 2 fully saturated rings. The lowest BCUT2D eigenvalue weighted by molar-refractivity contribution is -0.121. The van der Waals surface area contributed by atoms with Crippen molar-refractivity contribution >= 4 is 17.5 Å². The number of hydrogen-bond donors (Lipinski definition) is 4. The number of likely N-dealkylation sites (tertiary alicyclic amines) is 1. The molecule has 0 unspecified atom stereocenters. The van der Waals surface area contributed by atoms with Gasteiger partial charge in [0.2, 0.25) is 11.9 Å². The van der Waals surface area contributed by atoms with Gasteiger partial charge in [0.1, 0.15) is 12.6 Å². The van der Waals surface area contributed by atoms with Gasteiger partial charge in [0.05, 0.1) is 11.7 Å². The van der Waals surface area contributed by atoms with Crippen LogP contribution in [0, 0.1) is 0 Å². The Kier molecular flexibility index (Phi) is 7.09. The maximum absolute atomic E-state index is 12.0. The number of fused-ring (bicyclic) bond motifs is 1. The molecule has 5 atom stereocenters. The minimum absolute atomic E-state index is 0.0132. The third kappa shape index (κ3) is 5.92. The first-order valence-electron chi connectivity index (χ1n) is 12.8. The van der Waals surface area contributed by atoms with Gasteiger partial charge < -0.3 is 21.1 Å². The van der Waals surface area contributed by atoms with Crippen molar-refractivity contribution in [1.82, 2.24) is 35.1 Å². The standard InChI is InChI=1S/C25H42N8O2/c1-15(34)28-18-12-16(30-25(5,6)7)8-9-19(18)32-11-10-17(22(32)35)29-23-27-14-26-21-13-20(24(2,3)4)31-33(21)23/h13-14,16-19,22,30,35H,8-12H2,1-7H3,(H,28,34)(H,26,27,29)/t16-,17+,18-,19+,22+/m1/s1. The Morgan fingerprint density at radius 2 is 1.83 bits per heavy atom. The van der Waals surface area contributed by atoms with Crippen LogP contribution in [0.3, 0.4) is 0 Å². The molecule has 0 spiro atoms. The fourth-order valence-electron chi connectivity index (χ4n) is 5.47. The highest BCUT2D eigenvalue weighted by atomic mass is 16.3. The molecule has 4 N–H and O–H groups in total. The van der Waals surface area contributed by atoms with Crippen LogP contribution in [0.5, 0.6) is 0 Å². The zero-order chi connectivity index (χ0) is 25.5. The molecular formula is C25H42N8O2. The number of aliphatic hydroxyl groups excluding tert-OH is 1. The van der Waals surface area contributed by atoms with Gasteiger partial charge in [-0.05, 0) is 46.5 Å². The van der Waals surface area contributed by atoms with Crippen molar-refractivity contribution < 1.29 is 9.90 Å². The Hall–Kier alpha value is -2.30. The minimum Gasteiger partial charge on any atom is -0.376 e. The number of hydrogen-bond acceptors (Lipinski definition) is 8. The van der Waals surface area contributed by atoms with Gasteiger partial charge in [0.25, 0.3) is 0 Å². The largest absolute Gasteiger partial charge is 0.376 e. The zero-order valence-corrected chi connectivity index (χ0v) is 22.2. The third-order valence-electron chi connectivity index (χ3n) is 7.01. The third-order valence-corrected chi connectivity index (χ3v) is 7.01. The molecular weight excluding hydrogens is 444 g/mol. The van der Waals surface area contributed by atoms with Crippen molar-refractivity contribution in [3.05, 3.63) is 18.1 Å². The lowest BCUT2D eigenvalue weighted by atomic mass is 9.84. The number of aromatic nitrogens is 4. The first-order valence-corrected chi connectivity index (χ1v) is 12.8. The van der Waals surface area contributed by atoms with Crippen LogP contribution < -0.4 is 16.0 Å². The van der Waals surface area contributed by atoms with Crippen LogP contribution >= 0.6 is 0 Å². The van der Waals surface area contributed by atoms with E-state index in [1.807, 2.05) is 6.07 Å². The van der Waals surface area contributed by atoms with Gasteiger partial charge in [-0.1, -0.05) is 20.8 Å². The van der Waals surface area contributed by atoms with E-state index in [9.17, 15) is 9.90 Å². The molecule has 1 aliphatic heterocycles. The van der Waals surface area contributed by atoms with Gasteiger partial charge in [-0.3, -0.25) is 9.69 Å². The van der Waals surface area contributed by atoms with E-state index in [1.54, 1.807) is 11.4 Å². The quantitative estimate of drug-likeness (QED) is 0.507. The lowest BCUT2D eigenvalue weighted by Gasteiger charge is -2.44. The van der Waals surface area contributed by atoms with Crippen LogP contribution in [0.2, 0.25) is 0 Å². The van der Waals surface area contributed by atoms with Crippen molar-refractivity contribution in [1.29, 1.82) is 0 Å². The topological polar surface area (TPSA) is 120 Å². The molecule has 2 aliphatic rings. The fourth-order valence-corrected chi connectivity index (χ4v) is 5.47. The second-order valence-electron chi connectivity index (χ2n) is 12.2. The van der Waals surface area contributed by atoms with E-state index in [1.165, 1.54) is 6.33 Å². The Morgan fingerprint density at radius 3 is 2.49 bits per heavy atom. The maximum Gasteiger partial charge on any atom is 0.227 e. The molecule has 10 heteroatoms. The molecule has 10 nitrogen and oxygen atoms in total. The molecule has 194 valence electrons. The number of anilines is 1. The molecule has 1 saturated heterocycles. The minimum atomic E-state index is -0.689. The molecule has 35 heavy (non-hydrogen) atoms. The number of nitrogens with one attached hydrogen (secondary N) is 3. The first-order chi connectivity index (χ1) is 16.3. The molecule has 2 aromatic rings. The monoisotopic (exact) mass is 486 g/mol. The van der Waals surface area contributed by atoms with Crippen molar-refractivity contribution in [3.8, 4) is 0 Å². The number of rotatable bonds is 5. The van der Waals surface area contributed by atoms with E-state index < -0.39 is 6.23 Å². The molecule has 0 aromatic carbocycles. The highest BCUT2D eigenvalue weighted by Crippen LogP contribution is 2.31. The smallest absolute Gasteiger partial charge is 0.227 e. The number of carbonyl (C=O) groups excluding carboxylic acids is 1. The van der Waals surface area contributed by atoms with Crippen LogP contribution in [0.25, 0.3) is 5.65 Å². The van der Waals surface area contributed by atoms with Gasteiger partial charge >= 0.3 is 0 Å². The Balaban J connectivity index is 1.48. The summed E-state index contributed by atoms with van der Waals surface area (Å²) in [5, 5.41) is 26.3. The number of nitrogens with zero attached hydrogens (tertiary/aromatic N) is 5. The summed E-state index contributed by atoms with van der Waals surface area (Å²) < 4.78 is 1.72. The normalized spacial score (nSPS) is 28.4. The van der Waals surface area contributed by atoms with Gasteiger partial charge in [-0.15, -0.1) is 0 Å².